The molecule has 0 amide bonds. The summed E-state index contributed by atoms with van der Waals surface area (Å²) in [6.45, 7) is 3.72. The van der Waals surface area contributed by atoms with Crippen molar-refractivity contribution in [2.75, 3.05) is 31.4 Å². The topological polar surface area (TPSA) is 56.5 Å². The van der Waals surface area contributed by atoms with Crippen molar-refractivity contribution in [2.24, 2.45) is 0 Å². The van der Waals surface area contributed by atoms with Crippen molar-refractivity contribution >= 4 is 11.4 Å². The zero-order valence-corrected chi connectivity index (χ0v) is 10.5. The molecule has 2 rings (SSSR count). The average molecular weight is 236 g/mol. The molecule has 1 fully saturated rings. The van der Waals surface area contributed by atoms with E-state index in [1.165, 1.54) is 0 Å². The van der Waals surface area contributed by atoms with E-state index < -0.39 is 0 Å². The van der Waals surface area contributed by atoms with E-state index in [0.29, 0.717) is 18.0 Å². The molecule has 1 saturated heterocycles. The summed E-state index contributed by atoms with van der Waals surface area (Å²) >= 11 is 0. The largest absolute Gasteiger partial charge is 0.495 e. The van der Waals surface area contributed by atoms with Crippen LogP contribution in [0.2, 0.25) is 0 Å². The number of nitrogens with two attached hydrogens (primary N) is 1. The number of nitrogen functional groups attached to an aromatic ring is 1. The Labute approximate surface area is 102 Å². The summed E-state index contributed by atoms with van der Waals surface area (Å²) in [4.78, 5) is 0. The predicted octanol–water partition coefficient (Wildman–Crippen LogP) is 2.26. The van der Waals surface area contributed by atoms with Gasteiger partial charge in [-0.2, -0.15) is 0 Å². The van der Waals surface area contributed by atoms with Crippen molar-refractivity contribution in [2.45, 2.75) is 25.3 Å². The second-order valence-electron chi connectivity index (χ2n) is 4.76. The number of ether oxygens (including phenoxy) is 2. The normalized spacial score (nSPS) is 24.4. The van der Waals surface area contributed by atoms with Crippen LogP contribution in [0.15, 0.2) is 18.2 Å². The van der Waals surface area contributed by atoms with Gasteiger partial charge in [-0.3, -0.25) is 0 Å². The Balaban J connectivity index is 2.17. The molecule has 0 aromatic heterocycles. The molecule has 1 aromatic rings. The van der Waals surface area contributed by atoms with Crippen molar-refractivity contribution < 1.29 is 9.47 Å². The van der Waals surface area contributed by atoms with Crippen molar-refractivity contribution in [3.8, 4) is 5.75 Å². The first-order valence-electron chi connectivity index (χ1n) is 5.93. The molecule has 1 aliphatic rings. The van der Waals surface area contributed by atoms with Crippen molar-refractivity contribution in [3.63, 3.8) is 0 Å². The zero-order valence-electron chi connectivity index (χ0n) is 10.5. The lowest BCUT2D eigenvalue weighted by Crippen LogP contribution is -2.43. The fraction of sp³-hybridized carbons (Fsp3) is 0.538. The molecule has 0 spiro atoms. The Morgan fingerprint density at radius 1 is 1.47 bits per heavy atom. The summed E-state index contributed by atoms with van der Waals surface area (Å²) in [6.07, 6.45) is 2.16. The first kappa shape index (κ1) is 12.0. The highest BCUT2D eigenvalue weighted by Crippen LogP contribution is 2.32. The van der Waals surface area contributed by atoms with E-state index in [9.17, 15) is 0 Å². The lowest BCUT2D eigenvalue weighted by molar-refractivity contribution is 0.0540. The molecule has 0 radical (unpaired) electrons. The smallest absolute Gasteiger partial charge is 0.143 e. The van der Waals surface area contributed by atoms with Gasteiger partial charge in [0.15, 0.2) is 0 Å². The van der Waals surface area contributed by atoms with Crippen molar-refractivity contribution in [1.29, 1.82) is 0 Å². The number of methoxy groups -OCH3 is 1. The van der Waals surface area contributed by atoms with E-state index in [-0.39, 0.29) is 5.54 Å². The average Bonchev–Trinajstić information content (AvgIpc) is 2.32. The van der Waals surface area contributed by atoms with E-state index in [1.807, 2.05) is 18.2 Å². The quantitative estimate of drug-likeness (QED) is 0.790. The van der Waals surface area contributed by atoms with Crippen LogP contribution in [0.5, 0.6) is 5.75 Å². The molecule has 94 valence electrons. The minimum Gasteiger partial charge on any atom is -0.495 e. The molecule has 4 heteroatoms. The Hall–Kier alpha value is -1.42. The fourth-order valence-electron chi connectivity index (χ4n) is 2.19. The molecule has 1 aliphatic heterocycles. The number of benzene rings is 1. The van der Waals surface area contributed by atoms with Crippen molar-refractivity contribution in [1.82, 2.24) is 0 Å². The molecule has 0 aliphatic carbocycles. The van der Waals surface area contributed by atoms with Gasteiger partial charge in [-0.15, -0.1) is 0 Å². The van der Waals surface area contributed by atoms with Crippen molar-refractivity contribution in [3.05, 3.63) is 18.2 Å². The zero-order chi connectivity index (χ0) is 12.3. The summed E-state index contributed by atoms with van der Waals surface area (Å²) in [7, 11) is 1.63. The van der Waals surface area contributed by atoms with E-state index in [4.69, 9.17) is 15.2 Å². The Bertz CT molecular complexity index is 387. The summed E-state index contributed by atoms with van der Waals surface area (Å²) in [5, 5.41) is 3.47. The second-order valence-corrected chi connectivity index (χ2v) is 4.76. The van der Waals surface area contributed by atoms with Crippen LogP contribution in [0.25, 0.3) is 0 Å². The van der Waals surface area contributed by atoms with Crippen LogP contribution in [-0.2, 0) is 4.74 Å². The molecule has 3 N–H and O–H groups in total. The molecule has 0 saturated carbocycles. The minimum atomic E-state index is -0.0429. The van der Waals surface area contributed by atoms with Gasteiger partial charge in [-0.1, -0.05) is 6.07 Å². The first-order chi connectivity index (χ1) is 8.14. The first-order valence-corrected chi connectivity index (χ1v) is 5.93. The molecule has 0 bridgehead atoms. The fourth-order valence-corrected chi connectivity index (χ4v) is 2.19. The maximum atomic E-state index is 6.04. The molecule has 1 atom stereocenters. The van der Waals surface area contributed by atoms with E-state index >= 15 is 0 Å². The van der Waals surface area contributed by atoms with Gasteiger partial charge in [0.2, 0.25) is 0 Å². The van der Waals surface area contributed by atoms with E-state index in [2.05, 4.69) is 12.2 Å². The van der Waals surface area contributed by atoms with Crippen LogP contribution in [0.3, 0.4) is 0 Å². The number of para-hydroxylation sites is 1. The van der Waals surface area contributed by atoms with Crippen LogP contribution in [-0.4, -0.2) is 25.9 Å². The monoisotopic (exact) mass is 236 g/mol. The number of nitrogens with one attached hydrogen (secondary N) is 1. The highest BCUT2D eigenvalue weighted by atomic mass is 16.5. The molecule has 1 heterocycles. The highest BCUT2D eigenvalue weighted by molar-refractivity contribution is 5.73. The third-order valence-corrected chi connectivity index (χ3v) is 3.16. The summed E-state index contributed by atoms with van der Waals surface area (Å²) in [6, 6.07) is 5.77. The van der Waals surface area contributed by atoms with Gasteiger partial charge in [-0.25, -0.2) is 0 Å². The Kier molecular flexibility index (Phi) is 3.43. The minimum absolute atomic E-state index is 0.0429. The van der Waals surface area contributed by atoms with Gasteiger partial charge in [0, 0.05) is 6.61 Å². The maximum absolute atomic E-state index is 6.04. The number of hydrogen-bond donors (Lipinski definition) is 2. The summed E-state index contributed by atoms with van der Waals surface area (Å²) < 4.78 is 10.7. The van der Waals surface area contributed by atoms with E-state index in [1.54, 1.807) is 7.11 Å². The van der Waals surface area contributed by atoms with Gasteiger partial charge in [0.05, 0.1) is 30.6 Å². The SMILES string of the molecule is COc1cccc(NC2(C)CCCOC2)c1N. The van der Waals surface area contributed by atoms with Gasteiger partial charge in [0.1, 0.15) is 5.75 Å². The van der Waals surface area contributed by atoms with Crippen LogP contribution in [0.1, 0.15) is 19.8 Å². The lowest BCUT2D eigenvalue weighted by atomic mass is 9.94. The molecular formula is C13H20N2O2. The third kappa shape index (κ3) is 2.64. The van der Waals surface area contributed by atoms with E-state index in [0.717, 1.165) is 25.1 Å². The van der Waals surface area contributed by atoms with Crippen LogP contribution >= 0.6 is 0 Å². The maximum Gasteiger partial charge on any atom is 0.143 e. The van der Waals surface area contributed by atoms with Gasteiger partial charge >= 0.3 is 0 Å². The lowest BCUT2D eigenvalue weighted by Gasteiger charge is -2.35. The van der Waals surface area contributed by atoms with Gasteiger partial charge in [0.25, 0.3) is 0 Å². The predicted molar refractivity (Wildman–Crippen MR) is 69.5 cm³/mol. The van der Waals surface area contributed by atoms with Gasteiger partial charge in [-0.05, 0) is 31.9 Å². The number of rotatable bonds is 3. The standard InChI is InChI=1S/C13H20N2O2/c1-13(7-4-8-17-9-13)15-10-5-3-6-11(16-2)12(10)14/h3,5-6,15H,4,7-9,14H2,1-2H3. The van der Waals surface area contributed by atoms with Crippen LogP contribution in [0.4, 0.5) is 11.4 Å². The van der Waals surface area contributed by atoms with Gasteiger partial charge < -0.3 is 20.5 Å². The van der Waals surface area contributed by atoms with Crippen LogP contribution in [0, 0.1) is 0 Å². The van der Waals surface area contributed by atoms with Crippen LogP contribution < -0.4 is 15.8 Å². The molecule has 17 heavy (non-hydrogen) atoms. The Morgan fingerprint density at radius 3 is 2.94 bits per heavy atom. The molecular weight excluding hydrogens is 216 g/mol. The Morgan fingerprint density at radius 2 is 2.29 bits per heavy atom. The molecule has 4 nitrogen and oxygen atoms in total. The number of anilines is 2. The third-order valence-electron chi connectivity index (χ3n) is 3.16. The summed E-state index contributed by atoms with van der Waals surface area (Å²) in [5.74, 6) is 0.704. The second kappa shape index (κ2) is 4.84. The summed E-state index contributed by atoms with van der Waals surface area (Å²) in [5.41, 5.74) is 7.57. The number of hydrogen-bond acceptors (Lipinski definition) is 4. The molecule has 1 aromatic carbocycles. The highest BCUT2D eigenvalue weighted by Gasteiger charge is 2.28. The molecule has 1 unspecified atom stereocenters.